The molecule has 94 valence electrons. The van der Waals surface area contributed by atoms with E-state index >= 15 is 0 Å². The molecule has 3 heteroatoms. The zero-order chi connectivity index (χ0) is 12.4. The predicted octanol–water partition coefficient (Wildman–Crippen LogP) is 3.03. The topological polar surface area (TPSA) is 43.7 Å². The van der Waals surface area contributed by atoms with E-state index in [-0.39, 0.29) is 17.5 Å². The van der Waals surface area contributed by atoms with Crippen molar-refractivity contribution in [1.29, 1.82) is 0 Å². The van der Waals surface area contributed by atoms with Crippen molar-refractivity contribution in [3.63, 3.8) is 0 Å². The van der Waals surface area contributed by atoms with Crippen LogP contribution >= 0.6 is 0 Å². The second kappa shape index (κ2) is 4.96. The number of nitrogens with zero attached hydrogens (tertiary/aromatic N) is 1. The fourth-order valence-corrected chi connectivity index (χ4v) is 2.94. The highest BCUT2D eigenvalue weighted by atomic mass is 16.3. The van der Waals surface area contributed by atoms with E-state index in [1.54, 1.807) is 18.2 Å². The van der Waals surface area contributed by atoms with Crippen molar-refractivity contribution >= 4 is 0 Å². The Morgan fingerprint density at radius 1 is 1.35 bits per heavy atom. The Morgan fingerprint density at radius 3 is 2.59 bits per heavy atom. The van der Waals surface area contributed by atoms with Crippen LogP contribution in [-0.4, -0.2) is 27.7 Å². The van der Waals surface area contributed by atoms with E-state index < -0.39 is 0 Å². The average Bonchev–Trinajstić information content (AvgIpc) is 2.76. The van der Waals surface area contributed by atoms with Gasteiger partial charge in [0.2, 0.25) is 0 Å². The van der Waals surface area contributed by atoms with E-state index in [1.165, 1.54) is 12.8 Å². The zero-order valence-corrected chi connectivity index (χ0v) is 10.6. The minimum Gasteiger partial charge on any atom is -0.507 e. The van der Waals surface area contributed by atoms with Crippen LogP contribution in [-0.2, 0) is 0 Å². The summed E-state index contributed by atoms with van der Waals surface area (Å²) in [5, 5.41) is 19.8. The Kier molecular flexibility index (Phi) is 3.57. The lowest BCUT2D eigenvalue weighted by Gasteiger charge is -2.31. The van der Waals surface area contributed by atoms with E-state index in [4.69, 9.17) is 0 Å². The molecular weight excluding hydrogens is 214 g/mol. The lowest BCUT2D eigenvalue weighted by atomic mass is 10.0. The number of benzene rings is 1. The number of rotatable bonds is 3. The molecule has 0 aliphatic carbocycles. The minimum atomic E-state index is 0.0728. The lowest BCUT2D eigenvalue weighted by Crippen LogP contribution is -2.31. The average molecular weight is 235 g/mol. The van der Waals surface area contributed by atoms with Crippen LogP contribution in [0.2, 0.25) is 0 Å². The molecule has 1 fully saturated rings. The first-order chi connectivity index (χ1) is 8.15. The Labute approximate surface area is 103 Å². The first kappa shape index (κ1) is 12.2. The Hall–Kier alpha value is -1.22. The predicted molar refractivity (Wildman–Crippen MR) is 68.2 cm³/mol. The Morgan fingerprint density at radius 2 is 2.00 bits per heavy atom. The molecule has 0 bridgehead atoms. The molecule has 2 atom stereocenters. The highest BCUT2D eigenvalue weighted by Crippen LogP contribution is 2.38. The molecule has 2 unspecified atom stereocenters. The fraction of sp³-hybridized carbons (Fsp3) is 0.571. The standard InChI is InChI=1S/C14H21NO2/c1-3-11-6-5-9-15(11)10(2)14-12(16)7-4-8-13(14)17/h4,7-8,10-11,16-17H,3,5-6,9H2,1-2H3. The summed E-state index contributed by atoms with van der Waals surface area (Å²) in [5.74, 6) is 0.388. The molecule has 0 saturated carbocycles. The van der Waals surface area contributed by atoms with E-state index in [0.717, 1.165) is 13.0 Å². The summed E-state index contributed by atoms with van der Waals surface area (Å²) in [7, 11) is 0. The molecule has 1 aromatic rings. The first-order valence-corrected chi connectivity index (χ1v) is 6.41. The van der Waals surface area contributed by atoms with Gasteiger partial charge in [0, 0.05) is 12.1 Å². The van der Waals surface area contributed by atoms with Gasteiger partial charge in [0.15, 0.2) is 0 Å². The lowest BCUT2D eigenvalue weighted by molar-refractivity contribution is 0.183. The van der Waals surface area contributed by atoms with E-state index in [9.17, 15) is 10.2 Å². The normalized spacial score (nSPS) is 22.8. The second-order valence-corrected chi connectivity index (χ2v) is 4.83. The van der Waals surface area contributed by atoms with Crippen LogP contribution < -0.4 is 0 Å². The number of likely N-dealkylation sites (tertiary alicyclic amines) is 1. The van der Waals surface area contributed by atoms with Gasteiger partial charge in [0.1, 0.15) is 11.5 Å². The van der Waals surface area contributed by atoms with Crippen molar-refractivity contribution in [3.05, 3.63) is 23.8 Å². The maximum atomic E-state index is 9.89. The third-order valence-corrected chi connectivity index (χ3v) is 3.87. The molecule has 0 amide bonds. The molecule has 1 saturated heterocycles. The van der Waals surface area contributed by atoms with Crippen LogP contribution in [0.3, 0.4) is 0 Å². The molecule has 1 heterocycles. The van der Waals surface area contributed by atoms with Gasteiger partial charge >= 0.3 is 0 Å². The van der Waals surface area contributed by atoms with E-state index in [2.05, 4.69) is 18.7 Å². The molecule has 0 spiro atoms. The van der Waals surface area contributed by atoms with Crippen LogP contribution in [0.25, 0.3) is 0 Å². The monoisotopic (exact) mass is 235 g/mol. The highest BCUT2D eigenvalue weighted by Gasteiger charge is 2.30. The minimum absolute atomic E-state index is 0.0728. The van der Waals surface area contributed by atoms with Gasteiger partial charge in [-0.25, -0.2) is 0 Å². The number of aromatic hydroxyl groups is 2. The van der Waals surface area contributed by atoms with Crippen LogP contribution in [0.5, 0.6) is 11.5 Å². The summed E-state index contributed by atoms with van der Waals surface area (Å²) in [4.78, 5) is 2.38. The zero-order valence-electron chi connectivity index (χ0n) is 10.6. The highest BCUT2D eigenvalue weighted by molar-refractivity contribution is 5.45. The molecule has 1 aromatic carbocycles. The third kappa shape index (κ3) is 2.25. The summed E-state index contributed by atoms with van der Waals surface area (Å²) in [5.41, 5.74) is 0.660. The van der Waals surface area contributed by atoms with E-state index in [0.29, 0.717) is 11.6 Å². The largest absolute Gasteiger partial charge is 0.507 e. The van der Waals surface area contributed by atoms with Crippen molar-refractivity contribution in [2.45, 2.75) is 45.2 Å². The van der Waals surface area contributed by atoms with Crippen molar-refractivity contribution in [2.75, 3.05) is 6.54 Å². The summed E-state index contributed by atoms with van der Waals surface area (Å²) < 4.78 is 0. The number of hydrogen-bond acceptors (Lipinski definition) is 3. The molecule has 1 aliphatic heterocycles. The molecule has 17 heavy (non-hydrogen) atoms. The van der Waals surface area contributed by atoms with Crippen molar-refractivity contribution in [2.24, 2.45) is 0 Å². The fourth-order valence-electron chi connectivity index (χ4n) is 2.94. The third-order valence-electron chi connectivity index (χ3n) is 3.87. The summed E-state index contributed by atoms with van der Waals surface area (Å²) in [6.07, 6.45) is 3.55. The molecule has 0 radical (unpaired) electrons. The maximum absolute atomic E-state index is 9.89. The van der Waals surface area contributed by atoms with Crippen molar-refractivity contribution in [1.82, 2.24) is 4.90 Å². The van der Waals surface area contributed by atoms with Gasteiger partial charge in [-0.05, 0) is 44.9 Å². The van der Waals surface area contributed by atoms with Gasteiger partial charge in [-0.1, -0.05) is 13.0 Å². The Balaban J connectivity index is 2.27. The molecule has 3 nitrogen and oxygen atoms in total. The number of phenolic OH excluding ortho intramolecular Hbond substituents is 2. The summed E-state index contributed by atoms with van der Waals surface area (Å²) >= 11 is 0. The second-order valence-electron chi connectivity index (χ2n) is 4.83. The number of phenols is 2. The number of hydrogen-bond donors (Lipinski definition) is 2. The van der Waals surface area contributed by atoms with Crippen molar-refractivity contribution < 1.29 is 10.2 Å². The maximum Gasteiger partial charge on any atom is 0.124 e. The molecule has 0 aromatic heterocycles. The SMILES string of the molecule is CCC1CCCN1C(C)c1c(O)cccc1O. The van der Waals surface area contributed by atoms with Crippen LogP contribution in [0.15, 0.2) is 18.2 Å². The van der Waals surface area contributed by atoms with Gasteiger partial charge in [0.25, 0.3) is 0 Å². The molecule has 2 rings (SSSR count). The quantitative estimate of drug-likeness (QED) is 0.846. The van der Waals surface area contributed by atoms with Gasteiger partial charge < -0.3 is 10.2 Å². The Bertz CT molecular complexity index is 372. The first-order valence-electron chi connectivity index (χ1n) is 6.41. The van der Waals surface area contributed by atoms with Crippen molar-refractivity contribution in [3.8, 4) is 11.5 Å². The molecule has 1 aliphatic rings. The smallest absolute Gasteiger partial charge is 0.124 e. The summed E-state index contributed by atoms with van der Waals surface area (Å²) in [6.45, 7) is 5.30. The molecule has 2 N–H and O–H groups in total. The van der Waals surface area contributed by atoms with Gasteiger partial charge in [-0.2, -0.15) is 0 Å². The van der Waals surface area contributed by atoms with Gasteiger partial charge in [-0.3, -0.25) is 4.90 Å². The van der Waals surface area contributed by atoms with Gasteiger partial charge in [-0.15, -0.1) is 0 Å². The van der Waals surface area contributed by atoms with Crippen LogP contribution in [0.4, 0.5) is 0 Å². The summed E-state index contributed by atoms with van der Waals surface area (Å²) in [6, 6.07) is 5.60. The molecular formula is C14H21NO2. The van der Waals surface area contributed by atoms with Crippen LogP contribution in [0.1, 0.15) is 44.7 Å². The van der Waals surface area contributed by atoms with Gasteiger partial charge in [0.05, 0.1) is 5.56 Å². The van der Waals surface area contributed by atoms with E-state index in [1.807, 2.05) is 0 Å². The van der Waals surface area contributed by atoms with Crippen LogP contribution in [0, 0.1) is 0 Å².